The monoisotopic (exact) mass is 445 g/mol. The minimum atomic E-state index is -1.17. The minimum Gasteiger partial charge on any atom is -0.545 e. The average Bonchev–Trinajstić information content (AvgIpc) is 2.74. The first-order valence-corrected chi connectivity index (χ1v) is 10.1. The Morgan fingerprint density at radius 3 is 2.20 bits per heavy atom. The van der Waals surface area contributed by atoms with Gasteiger partial charge in [0.1, 0.15) is 19.7 Å². The minimum absolute atomic E-state index is 0.178. The molecule has 0 radical (unpaired) electrons. The smallest absolute Gasteiger partial charge is 0.161 e. The Hall–Kier alpha value is -2.73. The predicted molar refractivity (Wildman–Crippen MR) is 114 cm³/mol. The number of aromatic carboxylic acids is 1. The first kappa shape index (κ1) is 22.0. The molecule has 0 aromatic heterocycles. The van der Waals surface area contributed by atoms with Crippen LogP contribution in [0.1, 0.15) is 27.0 Å². The van der Waals surface area contributed by atoms with Crippen molar-refractivity contribution in [3.63, 3.8) is 0 Å². The molecule has 3 aromatic rings. The van der Waals surface area contributed by atoms with E-state index in [4.69, 9.17) is 32.7 Å². The van der Waals surface area contributed by atoms with Crippen LogP contribution in [0, 0.1) is 0 Å². The van der Waals surface area contributed by atoms with Crippen LogP contribution in [0.5, 0.6) is 11.5 Å². The van der Waals surface area contributed by atoms with Gasteiger partial charge >= 0.3 is 0 Å². The van der Waals surface area contributed by atoms with E-state index in [1.165, 1.54) is 0 Å². The number of benzene rings is 3. The standard InChI is InChI=1S/C23H21Cl2NO4/c1-29-22-11-16(13-26-12-15-5-8-17(9-6-15)23(27)28)7-10-21(22)30-14-18-19(24)3-2-4-20(18)25/h2-11,26H,12-14H2,1H3,(H,27,28). The van der Waals surface area contributed by atoms with E-state index in [0.717, 1.165) is 29.8 Å². The second kappa shape index (κ2) is 10.3. The number of carboxylic acid groups (broad SMARTS) is 1. The van der Waals surface area contributed by atoms with Gasteiger partial charge in [-0.2, -0.15) is 0 Å². The number of quaternary nitrogens is 1. The van der Waals surface area contributed by atoms with Crippen molar-refractivity contribution in [2.45, 2.75) is 19.7 Å². The van der Waals surface area contributed by atoms with Gasteiger partial charge < -0.3 is 24.7 Å². The second-order valence-corrected chi connectivity index (χ2v) is 7.47. The molecule has 0 saturated heterocycles. The van der Waals surface area contributed by atoms with Crippen molar-refractivity contribution in [1.82, 2.24) is 0 Å². The molecule has 3 aromatic carbocycles. The summed E-state index contributed by atoms with van der Waals surface area (Å²) in [5, 5.41) is 14.0. The Morgan fingerprint density at radius 1 is 0.933 bits per heavy atom. The Kier molecular flexibility index (Phi) is 7.57. The molecule has 0 saturated carbocycles. The molecule has 0 aliphatic heterocycles. The third-order valence-electron chi connectivity index (χ3n) is 4.61. The topological polar surface area (TPSA) is 75.2 Å². The summed E-state index contributed by atoms with van der Waals surface area (Å²) in [6.07, 6.45) is 0. The predicted octanol–water partition coefficient (Wildman–Crippen LogP) is 3.21. The summed E-state index contributed by atoms with van der Waals surface area (Å²) in [7, 11) is 1.59. The van der Waals surface area contributed by atoms with Gasteiger partial charge in [0, 0.05) is 26.7 Å². The molecule has 0 atom stereocenters. The van der Waals surface area contributed by atoms with Crippen LogP contribution in [0.4, 0.5) is 0 Å². The van der Waals surface area contributed by atoms with Crippen LogP contribution < -0.4 is 19.9 Å². The van der Waals surface area contributed by atoms with E-state index in [9.17, 15) is 9.90 Å². The molecule has 0 aliphatic carbocycles. The highest BCUT2D eigenvalue weighted by Crippen LogP contribution is 2.31. The highest BCUT2D eigenvalue weighted by atomic mass is 35.5. The third-order valence-corrected chi connectivity index (χ3v) is 5.32. The molecule has 7 heteroatoms. The first-order valence-electron chi connectivity index (χ1n) is 9.32. The van der Waals surface area contributed by atoms with Crippen molar-refractivity contribution in [2.24, 2.45) is 0 Å². The van der Waals surface area contributed by atoms with Crippen molar-refractivity contribution in [3.05, 3.63) is 93.0 Å². The molecule has 2 N–H and O–H groups in total. The number of carbonyl (C=O) groups excluding carboxylic acids is 1. The molecule has 0 bridgehead atoms. The summed E-state index contributed by atoms with van der Waals surface area (Å²) in [6.45, 7) is 1.69. The van der Waals surface area contributed by atoms with Gasteiger partial charge in [0.15, 0.2) is 11.5 Å². The SMILES string of the molecule is COc1cc(C[NH2+]Cc2ccc(C(=O)[O-])cc2)ccc1OCc1c(Cl)cccc1Cl. The summed E-state index contributed by atoms with van der Waals surface area (Å²) in [5.74, 6) is 0.0641. The lowest BCUT2D eigenvalue weighted by atomic mass is 10.1. The van der Waals surface area contributed by atoms with E-state index in [0.29, 0.717) is 21.5 Å². The lowest BCUT2D eigenvalue weighted by Gasteiger charge is -2.13. The summed E-state index contributed by atoms with van der Waals surface area (Å²) in [4.78, 5) is 10.8. The van der Waals surface area contributed by atoms with Gasteiger partial charge in [-0.1, -0.05) is 53.5 Å². The number of hydrogen-bond acceptors (Lipinski definition) is 4. The van der Waals surface area contributed by atoms with Crippen molar-refractivity contribution in [2.75, 3.05) is 7.11 Å². The van der Waals surface area contributed by atoms with Crippen molar-refractivity contribution in [3.8, 4) is 11.5 Å². The zero-order valence-corrected chi connectivity index (χ0v) is 17.9. The van der Waals surface area contributed by atoms with E-state index in [2.05, 4.69) is 5.32 Å². The van der Waals surface area contributed by atoms with Gasteiger partial charge in [0.05, 0.1) is 13.1 Å². The first-order chi connectivity index (χ1) is 14.5. The maximum Gasteiger partial charge on any atom is 0.161 e. The zero-order valence-electron chi connectivity index (χ0n) is 16.4. The number of ether oxygens (including phenoxy) is 2. The van der Waals surface area contributed by atoms with Gasteiger partial charge in [0.2, 0.25) is 0 Å². The lowest BCUT2D eigenvalue weighted by molar-refractivity contribution is -0.686. The second-order valence-electron chi connectivity index (χ2n) is 6.66. The summed E-state index contributed by atoms with van der Waals surface area (Å²) in [6, 6.07) is 17.8. The summed E-state index contributed by atoms with van der Waals surface area (Å²) < 4.78 is 11.3. The van der Waals surface area contributed by atoms with Crippen LogP contribution in [0.3, 0.4) is 0 Å². The molecule has 0 fully saturated rings. The van der Waals surface area contributed by atoms with Gasteiger partial charge in [-0.3, -0.25) is 0 Å². The fraction of sp³-hybridized carbons (Fsp3) is 0.174. The summed E-state index contributed by atoms with van der Waals surface area (Å²) in [5.41, 5.74) is 3.01. The zero-order chi connectivity index (χ0) is 21.5. The molecule has 0 unspecified atom stereocenters. The highest BCUT2D eigenvalue weighted by molar-refractivity contribution is 6.35. The number of rotatable bonds is 9. The number of methoxy groups -OCH3 is 1. The van der Waals surface area contributed by atoms with Gasteiger partial charge in [-0.15, -0.1) is 0 Å². The Morgan fingerprint density at radius 2 is 1.57 bits per heavy atom. The normalized spacial score (nSPS) is 10.6. The van der Waals surface area contributed by atoms with Crippen LogP contribution in [0.15, 0.2) is 60.7 Å². The lowest BCUT2D eigenvalue weighted by Crippen LogP contribution is -2.80. The van der Waals surface area contributed by atoms with E-state index in [1.54, 1.807) is 49.6 Å². The Bertz CT molecular complexity index is 1000. The number of carboxylic acids is 1. The number of carbonyl (C=O) groups is 1. The summed E-state index contributed by atoms with van der Waals surface area (Å²) >= 11 is 12.4. The average molecular weight is 446 g/mol. The van der Waals surface area contributed by atoms with Crippen molar-refractivity contribution in [1.29, 1.82) is 0 Å². The van der Waals surface area contributed by atoms with E-state index >= 15 is 0 Å². The third kappa shape index (κ3) is 5.66. The van der Waals surface area contributed by atoms with Crippen LogP contribution in [-0.2, 0) is 19.7 Å². The van der Waals surface area contributed by atoms with E-state index in [1.807, 2.05) is 18.2 Å². The number of halogens is 2. The number of hydrogen-bond donors (Lipinski definition) is 1. The fourth-order valence-electron chi connectivity index (χ4n) is 2.96. The molecule has 30 heavy (non-hydrogen) atoms. The maximum absolute atomic E-state index is 10.8. The van der Waals surface area contributed by atoms with Crippen LogP contribution in [-0.4, -0.2) is 13.1 Å². The van der Waals surface area contributed by atoms with Crippen molar-refractivity contribution < 1.29 is 24.7 Å². The van der Waals surface area contributed by atoms with Crippen molar-refractivity contribution >= 4 is 29.2 Å². The fourth-order valence-corrected chi connectivity index (χ4v) is 3.47. The van der Waals surface area contributed by atoms with Crippen LogP contribution in [0.25, 0.3) is 0 Å². The largest absolute Gasteiger partial charge is 0.545 e. The van der Waals surface area contributed by atoms with Gasteiger partial charge in [-0.05, 0) is 35.9 Å². The molecule has 5 nitrogen and oxygen atoms in total. The highest BCUT2D eigenvalue weighted by Gasteiger charge is 2.11. The van der Waals surface area contributed by atoms with E-state index < -0.39 is 5.97 Å². The maximum atomic E-state index is 10.8. The molecular weight excluding hydrogens is 425 g/mol. The van der Waals surface area contributed by atoms with E-state index in [-0.39, 0.29) is 12.2 Å². The Balaban J connectivity index is 1.59. The molecule has 0 aliphatic rings. The molecule has 156 valence electrons. The molecule has 0 spiro atoms. The van der Waals surface area contributed by atoms with Crippen LogP contribution >= 0.6 is 23.2 Å². The van der Waals surface area contributed by atoms with Crippen LogP contribution in [0.2, 0.25) is 10.0 Å². The quantitative estimate of drug-likeness (QED) is 0.548. The van der Waals surface area contributed by atoms with Gasteiger partial charge in [-0.25, -0.2) is 0 Å². The number of nitrogens with two attached hydrogens (primary N) is 1. The molecule has 0 heterocycles. The molecular formula is C23H21Cl2NO4. The van der Waals surface area contributed by atoms with Gasteiger partial charge in [0.25, 0.3) is 0 Å². The molecule has 3 rings (SSSR count). The Labute approximate surface area is 185 Å². The molecule has 0 amide bonds.